The maximum Gasteiger partial charge on any atom is 0.0110 e. The van der Waals surface area contributed by atoms with Crippen molar-refractivity contribution in [2.45, 2.75) is 13.3 Å². The monoisotopic (exact) mass is 449 g/mol. The van der Waals surface area contributed by atoms with E-state index in [1.54, 1.807) is 0 Å². The van der Waals surface area contributed by atoms with Crippen LogP contribution in [0.2, 0.25) is 0 Å². The Kier molecular flexibility index (Phi) is 9.80. The highest BCUT2D eigenvalue weighted by Gasteiger charge is 2.06. The predicted molar refractivity (Wildman–Crippen MR) is 151 cm³/mol. The number of nitrogens with two attached hydrogens (primary N) is 3. The van der Waals surface area contributed by atoms with Gasteiger partial charge in [-0.15, -0.1) is 0 Å². The fourth-order valence-corrected chi connectivity index (χ4v) is 3.82. The van der Waals surface area contributed by atoms with Gasteiger partial charge in [0.15, 0.2) is 0 Å². The molecule has 0 saturated heterocycles. The molecule has 0 unspecified atom stereocenters. The molecular formula is C31H35N3. The molecule has 174 valence electrons. The first-order chi connectivity index (χ1) is 16.7. The second kappa shape index (κ2) is 13.3. The SMILES string of the molecule is CCC=Cc1cc(C=CCN)cc(-c2cccc(-c3cc(C=CCN)cc(C=CCN)c3)c2)c1. The number of rotatable bonds is 10. The minimum absolute atomic E-state index is 0.511. The van der Waals surface area contributed by atoms with E-state index in [-0.39, 0.29) is 0 Å². The summed E-state index contributed by atoms with van der Waals surface area (Å²) in [6, 6.07) is 21.9. The average molecular weight is 450 g/mol. The molecule has 0 spiro atoms. The fourth-order valence-electron chi connectivity index (χ4n) is 3.82. The summed E-state index contributed by atoms with van der Waals surface area (Å²) < 4.78 is 0. The highest BCUT2D eigenvalue weighted by molar-refractivity contribution is 5.78. The molecule has 3 aromatic carbocycles. The molecular weight excluding hydrogens is 414 g/mol. The Morgan fingerprint density at radius 2 is 0.882 bits per heavy atom. The summed E-state index contributed by atoms with van der Waals surface area (Å²) in [5, 5.41) is 0. The summed E-state index contributed by atoms with van der Waals surface area (Å²) in [5.41, 5.74) is 26.3. The van der Waals surface area contributed by atoms with Crippen LogP contribution in [-0.4, -0.2) is 19.6 Å². The van der Waals surface area contributed by atoms with Crippen LogP contribution in [-0.2, 0) is 0 Å². The Labute approximate surface area is 204 Å². The quantitative estimate of drug-likeness (QED) is 0.337. The first-order valence-electron chi connectivity index (χ1n) is 11.8. The van der Waals surface area contributed by atoms with Crippen molar-refractivity contribution in [3.63, 3.8) is 0 Å². The molecule has 3 heteroatoms. The van der Waals surface area contributed by atoms with Gasteiger partial charge in [0, 0.05) is 19.6 Å². The molecule has 3 rings (SSSR count). The molecule has 0 radical (unpaired) electrons. The van der Waals surface area contributed by atoms with E-state index in [9.17, 15) is 0 Å². The Hall–Kier alpha value is -3.50. The van der Waals surface area contributed by atoms with Crippen molar-refractivity contribution in [1.29, 1.82) is 0 Å². The van der Waals surface area contributed by atoms with E-state index in [0.717, 1.165) is 34.2 Å². The molecule has 0 aliphatic carbocycles. The maximum atomic E-state index is 5.69. The van der Waals surface area contributed by atoms with Crippen molar-refractivity contribution in [2.75, 3.05) is 19.6 Å². The van der Waals surface area contributed by atoms with Crippen molar-refractivity contribution in [3.8, 4) is 22.3 Å². The first kappa shape index (κ1) is 25.1. The van der Waals surface area contributed by atoms with Gasteiger partial charge in [0.05, 0.1) is 0 Å². The van der Waals surface area contributed by atoms with Crippen LogP contribution in [0, 0.1) is 0 Å². The number of hydrogen-bond donors (Lipinski definition) is 3. The van der Waals surface area contributed by atoms with E-state index >= 15 is 0 Å². The molecule has 0 aliphatic rings. The van der Waals surface area contributed by atoms with E-state index in [2.05, 4.69) is 98.0 Å². The zero-order valence-corrected chi connectivity index (χ0v) is 20.0. The lowest BCUT2D eigenvalue weighted by molar-refractivity contribution is 1.23. The minimum atomic E-state index is 0.511. The second-order valence-corrected chi connectivity index (χ2v) is 8.08. The summed E-state index contributed by atoms with van der Waals surface area (Å²) in [5.74, 6) is 0. The summed E-state index contributed by atoms with van der Waals surface area (Å²) >= 11 is 0. The highest BCUT2D eigenvalue weighted by Crippen LogP contribution is 2.30. The minimum Gasteiger partial charge on any atom is -0.327 e. The summed E-state index contributed by atoms with van der Waals surface area (Å²) in [4.78, 5) is 0. The van der Waals surface area contributed by atoms with Gasteiger partial charge in [-0.1, -0.05) is 73.7 Å². The molecule has 0 aromatic heterocycles. The second-order valence-electron chi connectivity index (χ2n) is 8.08. The third-order valence-electron chi connectivity index (χ3n) is 5.37. The molecule has 0 aliphatic heterocycles. The lowest BCUT2D eigenvalue weighted by Gasteiger charge is -2.10. The van der Waals surface area contributed by atoms with Crippen LogP contribution in [0.3, 0.4) is 0 Å². The molecule has 3 nitrogen and oxygen atoms in total. The van der Waals surface area contributed by atoms with Crippen LogP contribution < -0.4 is 17.2 Å². The Morgan fingerprint density at radius 1 is 0.500 bits per heavy atom. The molecule has 0 amide bonds. The van der Waals surface area contributed by atoms with Gasteiger partial charge in [-0.2, -0.15) is 0 Å². The summed E-state index contributed by atoms with van der Waals surface area (Å²) in [6.07, 6.45) is 17.5. The smallest absolute Gasteiger partial charge is 0.0110 e. The van der Waals surface area contributed by atoms with Crippen molar-refractivity contribution in [3.05, 3.63) is 107 Å². The standard InChI is InChI=1S/C31H35N3/c1-2-3-8-24-17-25(9-5-14-32)20-30(19-24)28-12-4-13-29(23-28)31-21-26(10-6-15-33)18-27(22-31)11-7-16-34/h3-13,17-23H,2,14-16,32-34H2,1H3. The zero-order valence-electron chi connectivity index (χ0n) is 20.0. The molecule has 6 N–H and O–H groups in total. The lowest BCUT2D eigenvalue weighted by atomic mass is 9.94. The molecule has 0 bridgehead atoms. The zero-order chi connectivity index (χ0) is 24.2. The Bertz CT molecular complexity index is 1040. The molecule has 34 heavy (non-hydrogen) atoms. The summed E-state index contributed by atoms with van der Waals surface area (Å²) in [6.45, 7) is 3.69. The maximum absolute atomic E-state index is 5.69. The van der Waals surface area contributed by atoms with Gasteiger partial charge in [-0.25, -0.2) is 0 Å². The normalized spacial score (nSPS) is 12.1. The largest absolute Gasteiger partial charge is 0.327 e. The van der Waals surface area contributed by atoms with Crippen molar-refractivity contribution in [1.82, 2.24) is 0 Å². The fraction of sp³-hybridized carbons (Fsp3) is 0.161. The van der Waals surface area contributed by atoms with Gasteiger partial charge in [0.25, 0.3) is 0 Å². The van der Waals surface area contributed by atoms with E-state index < -0.39 is 0 Å². The molecule has 3 aromatic rings. The van der Waals surface area contributed by atoms with Crippen LogP contribution in [0.25, 0.3) is 46.6 Å². The summed E-state index contributed by atoms with van der Waals surface area (Å²) in [7, 11) is 0. The van der Waals surface area contributed by atoms with Crippen LogP contribution in [0.5, 0.6) is 0 Å². The number of hydrogen-bond acceptors (Lipinski definition) is 3. The van der Waals surface area contributed by atoms with Gasteiger partial charge in [0.2, 0.25) is 0 Å². The average Bonchev–Trinajstić information content (AvgIpc) is 2.88. The van der Waals surface area contributed by atoms with Gasteiger partial charge >= 0.3 is 0 Å². The third kappa shape index (κ3) is 7.26. The van der Waals surface area contributed by atoms with Crippen molar-refractivity contribution >= 4 is 24.3 Å². The molecule has 0 atom stereocenters. The van der Waals surface area contributed by atoms with Crippen molar-refractivity contribution in [2.24, 2.45) is 17.2 Å². The van der Waals surface area contributed by atoms with Gasteiger partial charge in [-0.05, 0) is 93.4 Å². The number of allylic oxidation sites excluding steroid dienone is 1. The van der Waals surface area contributed by atoms with Crippen LogP contribution in [0.15, 0.2) is 85.0 Å². The van der Waals surface area contributed by atoms with E-state index in [1.807, 2.05) is 18.2 Å². The molecule has 0 fully saturated rings. The van der Waals surface area contributed by atoms with Gasteiger partial charge in [-0.3, -0.25) is 0 Å². The Morgan fingerprint density at radius 3 is 1.24 bits per heavy atom. The van der Waals surface area contributed by atoms with E-state index in [0.29, 0.717) is 19.6 Å². The topological polar surface area (TPSA) is 78.1 Å². The highest BCUT2D eigenvalue weighted by atomic mass is 14.5. The Balaban J connectivity index is 2.08. The van der Waals surface area contributed by atoms with Crippen LogP contribution in [0.1, 0.15) is 35.6 Å². The number of benzene rings is 3. The first-order valence-corrected chi connectivity index (χ1v) is 11.8. The van der Waals surface area contributed by atoms with Crippen LogP contribution in [0.4, 0.5) is 0 Å². The van der Waals surface area contributed by atoms with Crippen molar-refractivity contribution < 1.29 is 0 Å². The van der Waals surface area contributed by atoms with Gasteiger partial charge < -0.3 is 17.2 Å². The molecule has 0 heterocycles. The lowest BCUT2D eigenvalue weighted by Crippen LogP contribution is -1.93. The van der Waals surface area contributed by atoms with E-state index in [4.69, 9.17) is 17.2 Å². The van der Waals surface area contributed by atoms with Gasteiger partial charge in [0.1, 0.15) is 0 Å². The third-order valence-corrected chi connectivity index (χ3v) is 5.37. The van der Waals surface area contributed by atoms with E-state index in [1.165, 1.54) is 16.7 Å². The molecule has 0 saturated carbocycles. The van der Waals surface area contributed by atoms with Crippen LogP contribution >= 0.6 is 0 Å². The predicted octanol–water partition coefficient (Wildman–Crippen LogP) is 6.36.